The minimum Gasteiger partial charge on any atom is -0.308 e. The zero-order valence-corrected chi connectivity index (χ0v) is 31.2. The maximum Gasteiger partial charge on any atom is 0.333 e. The van der Waals surface area contributed by atoms with Crippen molar-refractivity contribution in [1.29, 1.82) is 0 Å². The topological polar surface area (TPSA) is 233 Å². The number of hydrogen-bond donors (Lipinski definition) is 8. The molecule has 5 aromatic carbocycles. The van der Waals surface area contributed by atoms with E-state index < -0.39 is 44.2 Å². The van der Waals surface area contributed by atoms with Crippen LogP contribution in [0.5, 0.6) is 0 Å². The Morgan fingerprint density at radius 3 is 1.22 bits per heavy atom. The number of rotatable bonds is 10. The number of aryl methyl sites for hydroxylation is 3. The number of carbonyl (C=O) groups is 4. The average molecular weight is 785 g/mol. The van der Waals surface area contributed by atoms with Crippen molar-refractivity contribution in [2.45, 2.75) is 30.6 Å². The fraction of sp³-hybridized carbons (Fsp3) is 0.0811. The van der Waals surface area contributed by atoms with E-state index in [1.54, 1.807) is 31.2 Å². The summed E-state index contributed by atoms with van der Waals surface area (Å²) in [6, 6.07) is 25.4. The molecule has 0 bridgehead atoms. The Morgan fingerprint density at radius 1 is 0.400 bits per heavy atom. The van der Waals surface area contributed by atoms with Gasteiger partial charge in [-0.15, -0.1) is 0 Å². The summed E-state index contributed by atoms with van der Waals surface area (Å²) in [4.78, 5) is 49.8. The molecule has 0 radical (unpaired) electrons. The number of carbonyl (C=O) groups excluding carboxylic acids is 4. The number of hydrogen-bond acceptors (Lipinski definition) is 8. The average Bonchev–Trinajstić information content (AvgIpc) is 3.11. The van der Waals surface area contributed by atoms with Gasteiger partial charge in [0.1, 0.15) is 0 Å². The Bertz CT molecular complexity index is 2480. The molecular formula is C37H36N8O8S2. The molecule has 0 aliphatic carbocycles. The first kappa shape index (κ1) is 39.3. The highest BCUT2D eigenvalue weighted by Crippen LogP contribution is 2.22. The van der Waals surface area contributed by atoms with Crippen LogP contribution < -0.4 is 41.3 Å². The van der Waals surface area contributed by atoms with Crippen LogP contribution in [0.25, 0.3) is 0 Å². The second kappa shape index (κ2) is 16.8. The van der Waals surface area contributed by atoms with E-state index >= 15 is 0 Å². The third-order valence-electron chi connectivity index (χ3n) is 7.62. The lowest BCUT2D eigenvalue weighted by Gasteiger charge is -2.14. The minimum absolute atomic E-state index is 0.0577. The molecule has 18 heteroatoms. The van der Waals surface area contributed by atoms with E-state index in [-0.39, 0.29) is 32.5 Å². The first-order chi connectivity index (χ1) is 26.0. The molecule has 0 heterocycles. The van der Waals surface area contributed by atoms with Gasteiger partial charge in [-0.3, -0.25) is 0 Å². The van der Waals surface area contributed by atoms with Crippen LogP contribution >= 0.6 is 0 Å². The monoisotopic (exact) mass is 784 g/mol. The fourth-order valence-electron chi connectivity index (χ4n) is 4.84. The molecule has 0 aliphatic rings. The number of amides is 8. The molecule has 0 saturated heterocycles. The van der Waals surface area contributed by atoms with Crippen LogP contribution in [0.2, 0.25) is 0 Å². The van der Waals surface area contributed by atoms with E-state index in [9.17, 15) is 36.0 Å². The number of urea groups is 4. The summed E-state index contributed by atoms with van der Waals surface area (Å²) in [5.41, 5.74) is 4.00. The third kappa shape index (κ3) is 11.3. The predicted octanol–water partition coefficient (Wildman–Crippen LogP) is 6.92. The molecule has 284 valence electrons. The van der Waals surface area contributed by atoms with E-state index in [4.69, 9.17) is 0 Å². The van der Waals surface area contributed by atoms with Crippen molar-refractivity contribution in [3.05, 3.63) is 132 Å². The van der Waals surface area contributed by atoms with Gasteiger partial charge in [-0.1, -0.05) is 53.6 Å². The van der Waals surface area contributed by atoms with Gasteiger partial charge in [0.05, 0.1) is 9.79 Å². The molecule has 5 rings (SSSR count). The number of anilines is 6. The second-order valence-electron chi connectivity index (χ2n) is 12.1. The lowest BCUT2D eigenvalue weighted by molar-refractivity contribution is 0.255. The molecule has 0 atom stereocenters. The van der Waals surface area contributed by atoms with E-state index in [0.29, 0.717) is 16.9 Å². The van der Waals surface area contributed by atoms with Crippen LogP contribution in [0, 0.1) is 20.8 Å². The van der Waals surface area contributed by atoms with Crippen molar-refractivity contribution in [1.82, 2.24) is 9.44 Å². The zero-order chi connectivity index (χ0) is 39.8. The SMILES string of the molecule is Cc1ccc(NC(=O)Nc2cccc(S(=O)(=O)NC(=O)Nc3ccc(C)c(NC(=O)NS(=O)(=O)c4cccc(NC(=O)Nc5ccc(C)cc5)c4)c3)c2)cc1. The van der Waals surface area contributed by atoms with Crippen LogP contribution in [-0.4, -0.2) is 41.0 Å². The maximum atomic E-state index is 13.1. The first-order valence-electron chi connectivity index (χ1n) is 16.3. The van der Waals surface area contributed by atoms with Crippen LogP contribution in [0.4, 0.5) is 53.3 Å². The highest BCUT2D eigenvalue weighted by molar-refractivity contribution is 7.90. The van der Waals surface area contributed by atoms with E-state index in [0.717, 1.165) is 11.1 Å². The Kier molecular flexibility index (Phi) is 12.0. The van der Waals surface area contributed by atoms with Crippen molar-refractivity contribution in [2.24, 2.45) is 0 Å². The Hall–Kier alpha value is -6.92. The number of sulfonamides is 2. The molecule has 0 aliphatic heterocycles. The molecular weight excluding hydrogens is 749 g/mol. The van der Waals surface area contributed by atoms with Gasteiger partial charge in [0.15, 0.2) is 0 Å². The number of benzene rings is 5. The van der Waals surface area contributed by atoms with Crippen molar-refractivity contribution < 1.29 is 36.0 Å². The molecule has 55 heavy (non-hydrogen) atoms. The largest absolute Gasteiger partial charge is 0.333 e. The Balaban J connectivity index is 1.17. The standard InChI is InChI=1S/C37H36N8O8S2/c1-23-10-15-26(16-11-23)38-34(46)40-28-6-4-8-31(20-28)54(50,51)44-36(48)42-30-19-14-25(3)33(22-30)43-37(49)45-55(52,53)32-9-5-7-29(21-32)41-35(47)39-27-17-12-24(2)13-18-27/h4-22H,1-3H3,(H2,38,40,46)(H2,39,41,47)(H2,42,44,48)(H2,43,45,49). The summed E-state index contributed by atoms with van der Waals surface area (Å²) in [6.45, 7) is 5.41. The van der Waals surface area contributed by atoms with Gasteiger partial charge in [-0.05, 0) is 99.1 Å². The van der Waals surface area contributed by atoms with Crippen LogP contribution in [0.15, 0.2) is 125 Å². The summed E-state index contributed by atoms with van der Waals surface area (Å²) in [6.07, 6.45) is 0. The summed E-state index contributed by atoms with van der Waals surface area (Å²) in [5.74, 6) is 0. The van der Waals surface area contributed by atoms with Gasteiger partial charge in [0.25, 0.3) is 20.0 Å². The fourth-order valence-corrected chi connectivity index (χ4v) is 6.75. The summed E-state index contributed by atoms with van der Waals surface area (Å²) in [7, 11) is -8.84. The Morgan fingerprint density at radius 2 is 0.764 bits per heavy atom. The van der Waals surface area contributed by atoms with Crippen molar-refractivity contribution in [2.75, 3.05) is 31.9 Å². The first-order valence-corrected chi connectivity index (χ1v) is 19.3. The maximum absolute atomic E-state index is 13.1. The van der Waals surface area contributed by atoms with Gasteiger partial charge in [-0.2, -0.15) is 0 Å². The van der Waals surface area contributed by atoms with Crippen LogP contribution in [0.3, 0.4) is 0 Å². The molecule has 0 spiro atoms. The zero-order valence-electron chi connectivity index (χ0n) is 29.6. The molecule has 5 aromatic rings. The predicted molar refractivity (Wildman–Crippen MR) is 210 cm³/mol. The van der Waals surface area contributed by atoms with Crippen molar-refractivity contribution >= 4 is 78.3 Å². The van der Waals surface area contributed by atoms with E-state index in [1.807, 2.05) is 47.6 Å². The minimum atomic E-state index is -4.42. The van der Waals surface area contributed by atoms with Crippen molar-refractivity contribution in [3.63, 3.8) is 0 Å². The van der Waals surface area contributed by atoms with Crippen LogP contribution in [0.1, 0.15) is 16.7 Å². The smallest absolute Gasteiger partial charge is 0.308 e. The third-order valence-corrected chi connectivity index (χ3v) is 10.3. The van der Waals surface area contributed by atoms with Gasteiger partial charge in [-0.25, -0.2) is 45.5 Å². The lowest BCUT2D eigenvalue weighted by atomic mass is 10.2. The van der Waals surface area contributed by atoms with E-state index in [2.05, 4.69) is 31.9 Å². The van der Waals surface area contributed by atoms with Gasteiger partial charge < -0.3 is 31.9 Å². The van der Waals surface area contributed by atoms with Crippen molar-refractivity contribution in [3.8, 4) is 0 Å². The molecule has 16 nitrogen and oxygen atoms in total. The quantitative estimate of drug-likeness (QED) is 0.0739. The van der Waals surface area contributed by atoms with Gasteiger partial charge >= 0.3 is 24.1 Å². The summed E-state index contributed by atoms with van der Waals surface area (Å²) >= 11 is 0. The lowest BCUT2D eigenvalue weighted by Crippen LogP contribution is -2.35. The van der Waals surface area contributed by atoms with Gasteiger partial charge in [0.2, 0.25) is 0 Å². The Labute approximate surface area is 317 Å². The molecule has 8 N–H and O–H groups in total. The second-order valence-corrected chi connectivity index (χ2v) is 15.5. The molecule has 0 fully saturated rings. The molecule has 0 unspecified atom stereocenters. The highest BCUT2D eigenvalue weighted by atomic mass is 32.2. The number of nitrogens with one attached hydrogen (secondary N) is 8. The van der Waals surface area contributed by atoms with Gasteiger partial charge in [0, 0.05) is 34.1 Å². The molecule has 0 aromatic heterocycles. The highest BCUT2D eigenvalue weighted by Gasteiger charge is 2.21. The summed E-state index contributed by atoms with van der Waals surface area (Å²) < 4.78 is 55.9. The van der Waals surface area contributed by atoms with Crippen LogP contribution in [-0.2, 0) is 20.0 Å². The van der Waals surface area contributed by atoms with E-state index in [1.165, 1.54) is 66.7 Å². The summed E-state index contributed by atoms with van der Waals surface area (Å²) in [5, 5.41) is 15.1. The molecule has 8 amide bonds. The normalized spacial score (nSPS) is 11.0. The molecule has 0 saturated carbocycles.